The molecular weight excluding hydrogens is 409 g/mol. The largest absolute Gasteiger partial charge is 0.481 e. The van der Waals surface area contributed by atoms with Gasteiger partial charge in [-0.05, 0) is 35.4 Å². The normalized spacial score (nSPS) is 12.1. The Morgan fingerprint density at radius 1 is 1.10 bits per heavy atom. The molecule has 6 nitrogen and oxygen atoms in total. The number of rotatable bonds is 5. The lowest BCUT2D eigenvalue weighted by atomic mass is 10.1. The Kier molecular flexibility index (Phi) is 5.22. The molecule has 1 N–H and O–H groups in total. The molecule has 29 heavy (non-hydrogen) atoms. The zero-order valence-electron chi connectivity index (χ0n) is 15.0. The number of hydrogen-bond acceptors (Lipinski definition) is 4. The molecule has 10 heteroatoms. The van der Waals surface area contributed by atoms with Crippen LogP contribution < -0.4 is 0 Å². The first-order valence-electron chi connectivity index (χ1n) is 8.23. The van der Waals surface area contributed by atoms with Crippen LogP contribution in [0.15, 0.2) is 59.6 Å². The maximum atomic E-state index is 13.0. The Labute approximate surface area is 164 Å². The molecule has 0 spiro atoms. The average Bonchev–Trinajstić information content (AvgIpc) is 3.05. The van der Waals surface area contributed by atoms with E-state index < -0.39 is 34.1 Å². The van der Waals surface area contributed by atoms with E-state index in [4.69, 9.17) is 5.11 Å². The van der Waals surface area contributed by atoms with E-state index in [1.807, 2.05) is 0 Å². The number of nitrogens with zero attached hydrogens (tertiary/aromatic N) is 2. The van der Waals surface area contributed by atoms with Crippen LogP contribution in [-0.2, 0) is 27.2 Å². The van der Waals surface area contributed by atoms with Crippen molar-refractivity contribution in [3.8, 4) is 16.8 Å². The van der Waals surface area contributed by atoms with E-state index >= 15 is 0 Å². The van der Waals surface area contributed by atoms with Gasteiger partial charge in [0.05, 0.1) is 4.90 Å². The second-order valence-electron chi connectivity index (χ2n) is 6.33. The summed E-state index contributed by atoms with van der Waals surface area (Å²) in [6, 6.07) is 12.5. The summed E-state index contributed by atoms with van der Waals surface area (Å²) in [6.45, 7) is 0. The monoisotopic (exact) mass is 424 g/mol. The molecule has 0 bridgehead atoms. The van der Waals surface area contributed by atoms with Crippen molar-refractivity contribution in [3.63, 3.8) is 0 Å². The number of alkyl halides is 3. The van der Waals surface area contributed by atoms with Crippen LogP contribution in [0.5, 0.6) is 0 Å². The van der Waals surface area contributed by atoms with Crippen LogP contribution in [0, 0.1) is 0 Å². The summed E-state index contributed by atoms with van der Waals surface area (Å²) in [5.74, 6) is -1.56. The molecule has 0 aliphatic carbocycles. The second kappa shape index (κ2) is 7.36. The Morgan fingerprint density at radius 2 is 1.76 bits per heavy atom. The van der Waals surface area contributed by atoms with Gasteiger partial charge in [0.2, 0.25) is 0 Å². The molecule has 0 radical (unpaired) electrons. The lowest BCUT2D eigenvalue weighted by Gasteiger charge is -2.09. The number of halogens is 3. The smallest absolute Gasteiger partial charge is 0.434 e. The Morgan fingerprint density at radius 3 is 2.31 bits per heavy atom. The zero-order chi connectivity index (χ0) is 21.4. The zero-order valence-corrected chi connectivity index (χ0v) is 15.8. The van der Waals surface area contributed by atoms with Crippen molar-refractivity contribution in [2.24, 2.45) is 0 Å². The summed E-state index contributed by atoms with van der Waals surface area (Å²) in [5, 5.41) is 8.95. The van der Waals surface area contributed by atoms with E-state index in [-0.39, 0.29) is 10.7 Å². The summed E-state index contributed by atoms with van der Waals surface area (Å²) in [6.07, 6.45) is -3.53. The number of hydrogen-bond donors (Lipinski definition) is 1. The third kappa shape index (κ3) is 4.65. The van der Waals surface area contributed by atoms with Crippen LogP contribution in [0.4, 0.5) is 13.2 Å². The first-order valence-corrected chi connectivity index (χ1v) is 10.1. The van der Waals surface area contributed by atoms with Crippen LogP contribution in [0.1, 0.15) is 11.5 Å². The van der Waals surface area contributed by atoms with Gasteiger partial charge in [-0.2, -0.15) is 13.2 Å². The lowest BCUT2D eigenvalue weighted by Crippen LogP contribution is -2.08. The van der Waals surface area contributed by atoms with E-state index in [1.165, 1.54) is 24.3 Å². The maximum absolute atomic E-state index is 13.0. The highest BCUT2D eigenvalue weighted by Gasteiger charge is 2.35. The molecule has 1 heterocycles. The Bertz CT molecular complexity index is 1170. The molecule has 0 saturated carbocycles. The summed E-state index contributed by atoms with van der Waals surface area (Å²) < 4.78 is 63.5. The minimum Gasteiger partial charge on any atom is -0.481 e. The van der Waals surface area contributed by atoms with Gasteiger partial charge in [-0.1, -0.05) is 24.3 Å². The summed E-state index contributed by atoms with van der Waals surface area (Å²) >= 11 is 0. The van der Waals surface area contributed by atoms with Crippen molar-refractivity contribution < 1.29 is 31.5 Å². The summed E-state index contributed by atoms with van der Waals surface area (Å²) in [5.41, 5.74) is 0.382. The topological polar surface area (TPSA) is 89.3 Å². The van der Waals surface area contributed by atoms with Crippen molar-refractivity contribution in [3.05, 3.63) is 66.2 Å². The number of benzene rings is 2. The molecule has 3 aromatic rings. The van der Waals surface area contributed by atoms with Gasteiger partial charge in [0.25, 0.3) is 0 Å². The number of carboxylic acids is 1. The van der Waals surface area contributed by atoms with Crippen LogP contribution in [0.3, 0.4) is 0 Å². The van der Waals surface area contributed by atoms with Gasteiger partial charge in [0, 0.05) is 18.1 Å². The molecule has 1 aromatic heterocycles. The first kappa shape index (κ1) is 20.6. The average molecular weight is 424 g/mol. The Hall–Kier alpha value is -3.14. The SMILES string of the molecule is CS(=O)(=O)c1cccc(-c2ccc(-n3cc(C(F)(F)F)nc3CC(=O)O)cc2)c1. The van der Waals surface area contributed by atoms with Crippen molar-refractivity contribution >= 4 is 15.8 Å². The quantitative estimate of drug-likeness (QED) is 0.676. The van der Waals surface area contributed by atoms with Crippen LogP contribution in [0.25, 0.3) is 16.8 Å². The third-order valence-corrected chi connectivity index (χ3v) is 5.23. The predicted molar refractivity (Wildman–Crippen MR) is 98.5 cm³/mol. The lowest BCUT2D eigenvalue weighted by molar-refractivity contribution is -0.141. The molecule has 2 aromatic carbocycles. The van der Waals surface area contributed by atoms with Crippen molar-refractivity contribution in [2.45, 2.75) is 17.5 Å². The van der Waals surface area contributed by atoms with Gasteiger partial charge in [-0.3, -0.25) is 4.79 Å². The van der Waals surface area contributed by atoms with Crippen molar-refractivity contribution in [2.75, 3.05) is 6.26 Å². The van der Waals surface area contributed by atoms with Crippen molar-refractivity contribution in [1.29, 1.82) is 0 Å². The van der Waals surface area contributed by atoms with Gasteiger partial charge >= 0.3 is 12.1 Å². The van der Waals surface area contributed by atoms with Crippen LogP contribution >= 0.6 is 0 Å². The van der Waals surface area contributed by atoms with E-state index in [0.29, 0.717) is 16.8 Å². The highest BCUT2D eigenvalue weighted by Crippen LogP contribution is 2.30. The minimum absolute atomic E-state index is 0.146. The first-order chi connectivity index (χ1) is 13.4. The number of imidazole rings is 1. The number of carbonyl (C=O) groups is 1. The highest BCUT2D eigenvalue weighted by molar-refractivity contribution is 7.90. The molecule has 0 atom stereocenters. The molecule has 152 valence electrons. The van der Waals surface area contributed by atoms with E-state index in [0.717, 1.165) is 17.0 Å². The molecule has 0 saturated heterocycles. The number of carboxylic acid groups (broad SMARTS) is 1. The van der Waals surface area contributed by atoms with Crippen LogP contribution in [-0.4, -0.2) is 35.3 Å². The number of sulfone groups is 1. The molecule has 0 amide bonds. The number of aromatic nitrogens is 2. The minimum atomic E-state index is -4.70. The molecule has 0 fully saturated rings. The predicted octanol–water partition coefficient (Wildman–Crippen LogP) is 3.59. The van der Waals surface area contributed by atoms with Crippen molar-refractivity contribution in [1.82, 2.24) is 9.55 Å². The standard InChI is InChI=1S/C19H15F3N2O4S/c1-29(27,28)15-4-2-3-13(9-15)12-5-7-14(8-6-12)24-11-16(19(20,21)22)23-17(24)10-18(25)26/h2-9,11H,10H2,1H3,(H,25,26). The summed E-state index contributed by atoms with van der Waals surface area (Å²) in [4.78, 5) is 14.5. The molecule has 3 rings (SSSR count). The van der Waals surface area contributed by atoms with Gasteiger partial charge in [0.1, 0.15) is 12.2 Å². The third-order valence-electron chi connectivity index (χ3n) is 4.12. The van der Waals surface area contributed by atoms with Gasteiger partial charge < -0.3 is 9.67 Å². The Balaban J connectivity index is 2.01. The highest BCUT2D eigenvalue weighted by atomic mass is 32.2. The van der Waals surface area contributed by atoms with E-state index in [1.54, 1.807) is 24.3 Å². The second-order valence-corrected chi connectivity index (χ2v) is 8.34. The fraction of sp³-hybridized carbons (Fsp3) is 0.158. The molecule has 0 aliphatic heterocycles. The molecule has 0 unspecified atom stereocenters. The fourth-order valence-corrected chi connectivity index (χ4v) is 3.43. The van der Waals surface area contributed by atoms with E-state index in [2.05, 4.69) is 4.98 Å². The fourth-order valence-electron chi connectivity index (χ4n) is 2.76. The molecular formula is C19H15F3N2O4S. The van der Waals surface area contributed by atoms with Gasteiger partial charge in [-0.25, -0.2) is 13.4 Å². The van der Waals surface area contributed by atoms with Crippen LogP contribution in [0.2, 0.25) is 0 Å². The molecule has 0 aliphatic rings. The maximum Gasteiger partial charge on any atom is 0.434 e. The summed E-state index contributed by atoms with van der Waals surface area (Å²) in [7, 11) is -3.39. The van der Waals surface area contributed by atoms with Gasteiger partial charge in [-0.15, -0.1) is 0 Å². The van der Waals surface area contributed by atoms with E-state index in [9.17, 15) is 26.4 Å². The van der Waals surface area contributed by atoms with Gasteiger partial charge in [0.15, 0.2) is 15.5 Å². The number of aliphatic carboxylic acids is 1.